The Morgan fingerprint density at radius 1 is 0.893 bits per heavy atom. The van der Waals surface area contributed by atoms with Gasteiger partial charge in [-0.05, 0) is 87.7 Å². The number of likely N-dealkylation sites (tertiary alicyclic amines) is 1. The van der Waals surface area contributed by atoms with Crippen LogP contribution in [0.1, 0.15) is 69.8 Å². The van der Waals surface area contributed by atoms with Gasteiger partial charge in [0.25, 0.3) is 0 Å². The lowest BCUT2D eigenvalue weighted by Crippen LogP contribution is -2.34. The Bertz CT molecular complexity index is 582. The molecule has 1 aromatic rings. The number of fused-ring (bicyclic) bond motifs is 1. The van der Waals surface area contributed by atoms with Crippen LogP contribution in [0, 0.1) is 5.92 Å². The monoisotopic (exact) mass is 406 g/mol. The van der Waals surface area contributed by atoms with Crippen molar-refractivity contribution in [2.75, 3.05) is 44.2 Å². The summed E-state index contributed by atoms with van der Waals surface area (Å²) in [6.45, 7) is 7.12. The van der Waals surface area contributed by atoms with Gasteiger partial charge in [0.15, 0.2) is 0 Å². The average molecular weight is 407 g/mol. The first-order chi connectivity index (χ1) is 13.4. The van der Waals surface area contributed by atoms with E-state index in [1.54, 1.807) is 0 Å². The van der Waals surface area contributed by atoms with Gasteiger partial charge in [-0.1, -0.05) is 25.7 Å². The van der Waals surface area contributed by atoms with Gasteiger partial charge in [-0.15, -0.1) is 12.4 Å². The molecule has 1 aliphatic carbocycles. The molecule has 1 saturated heterocycles. The van der Waals surface area contributed by atoms with Crippen LogP contribution in [-0.4, -0.2) is 44.2 Å². The summed E-state index contributed by atoms with van der Waals surface area (Å²) < 4.78 is 6.10. The molecular weight excluding hydrogens is 368 g/mol. The lowest BCUT2D eigenvalue weighted by atomic mass is 9.88. The third-order valence-electron chi connectivity index (χ3n) is 6.81. The van der Waals surface area contributed by atoms with Gasteiger partial charge >= 0.3 is 0 Å². The van der Waals surface area contributed by atoms with Gasteiger partial charge in [0.2, 0.25) is 0 Å². The van der Waals surface area contributed by atoms with Crippen LogP contribution in [-0.2, 0) is 6.42 Å². The van der Waals surface area contributed by atoms with E-state index in [2.05, 4.69) is 28.0 Å². The Hall–Kier alpha value is -0.930. The van der Waals surface area contributed by atoms with Gasteiger partial charge in [0, 0.05) is 25.3 Å². The molecular formula is C24H39ClN2O. The van der Waals surface area contributed by atoms with E-state index in [0.29, 0.717) is 0 Å². The number of aryl methyl sites for hydroxylation is 1. The zero-order valence-corrected chi connectivity index (χ0v) is 18.4. The van der Waals surface area contributed by atoms with E-state index in [4.69, 9.17) is 4.74 Å². The van der Waals surface area contributed by atoms with Crippen molar-refractivity contribution in [1.29, 1.82) is 0 Å². The summed E-state index contributed by atoms with van der Waals surface area (Å²) >= 11 is 0. The Labute approximate surface area is 178 Å². The minimum Gasteiger partial charge on any atom is -0.494 e. The molecule has 1 aromatic carbocycles. The largest absolute Gasteiger partial charge is 0.494 e. The van der Waals surface area contributed by atoms with Crippen molar-refractivity contribution < 1.29 is 4.74 Å². The molecule has 4 rings (SSSR count). The molecule has 0 radical (unpaired) electrons. The van der Waals surface area contributed by atoms with Crippen molar-refractivity contribution in [3.05, 3.63) is 23.8 Å². The number of nitrogens with zero attached hydrogens (tertiary/aromatic N) is 2. The lowest BCUT2D eigenvalue weighted by Gasteiger charge is -2.35. The molecule has 2 heterocycles. The second-order valence-electron chi connectivity index (χ2n) is 8.95. The van der Waals surface area contributed by atoms with Crippen molar-refractivity contribution in [2.24, 2.45) is 5.92 Å². The van der Waals surface area contributed by atoms with E-state index in [9.17, 15) is 0 Å². The first kappa shape index (κ1) is 21.8. The summed E-state index contributed by atoms with van der Waals surface area (Å²) in [7, 11) is 0. The first-order valence-electron chi connectivity index (χ1n) is 11.6. The highest BCUT2D eigenvalue weighted by molar-refractivity contribution is 5.85. The summed E-state index contributed by atoms with van der Waals surface area (Å²) in [5.74, 6) is 1.99. The number of anilines is 1. The van der Waals surface area contributed by atoms with Gasteiger partial charge in [-0.25, -0.2) is 0 Å². The molecule has 4 heteroatoms. The highest BCUT2D eigenvalue weighted by Gasteiger charge is 2.22. The fraction of sp³-hybridized carbons (Fsp3) is 0.750. The van der Waals surface area contributed by atoms with Crippen molar-refractivity contribution in [3.8, 4) is 5.75 Å². The van der Waals surface area contributed by atoms with Crippen molar-refractivity contribution in [1.82, 2.24) is 4.90 Å². The zero-order chi connectivity index (χ0) is 18.3. The van der Waals surface area contributed by atoms with Crippen molar-refractivity contribution in [3.63, 3.8) is 0 Å². The van der Waals surface area contributed by atoms with E-state index >= 15 is 0 Å². The summed E-state index contributed by atoms with van der Waals surface area (Å²) in [6.07, 6.45) is 15.0. The normalized spacial score (nSPS) is 21.1. The third kappa shape index (κ3) is 6.03. The van der Waals surface area contributed by atoms with Gasteiger partial charge in [0.05, 0.1) is 6.61 Å². The number of piperidine rings is 1. The zero-order valence-electron chi connectivity index (χ0n) is 17.5. The van der Waals surface area contributed by atoms with Crippen LogP contribution in [0.4, 0.5) is 5.69 Å². The first-order valence-corrected chi connectivity index (χ1v) is 11.6. The summed E-state index contributed by atoms with van der Waals surface area (Å²) in [5, 5.41) is 0. The van der Waals surface area contributed by atoms with E-state index in [1.807, 2.05) is 0 Å². The number of benzene rings is 1. The van der Waals surface area contributed by atoms with E-state index < -0.39 is 0 Å². The molecule has 0 amide bonds. The quantitative estimate of drug-likeness (QED) is 0.540. The van der Waals surface area contributed by atoms with Gasteiger partial charge in [0.1, 0.15) is 5.75 Å². The maximum absolute atomic E-state index is 6.10. The Kier molecular flexibility index (Phi) is 8.79. The number of hydrogen-bond donors (Lipinski definition) is 0. The molecule has 0 unspecified atom stereocenters. The van der Waals surface area contributed by atoms with Crippen LogP contribution < -0.4 is 9.64 Å². The molecule has 158 valence electrons. The number of halogens is 1. The predicted molar refractivity (Wildman–Crippen MR) is 121 cm³/mol. The molecule has 3 aliphatic rings. The smallest absolute Gasteiger partial charge is 0.119 e. The molecule has 3 nitrogen and oxygen atoms in total. The van der Waals surface area contributed by atoms with Crippen molar-refractivity contribution >= 4 is 18.1 Å². The van der Waals surface area contributed by atoms with Gasteiger partial charge < -0.3 is 14.5 Å². The van der Waals surface area contributed by atoms with Crippen molar-refractivity contribution in [2.45, 2.75) is 70.6 Å². The number of ether oxygens (including phenoxy) is 1. The van der Waals surface area contributed by atoms with E-state index in [-0.39, 0.29) is 12.4 Å². The molecule has 2 fully saturated rings. The van der Waals surface area contributed by atoms with Gasteiger partial charge in [-0.3, -0.25) is 0 Å². The highest BCUT2D eigenvalue weighted by atomic mass is 35.5. The Morgan fingerprint density at radius 3 is 2.50 bits per heavy atom. The van der Waals surface area contributed by atoms with Gasteiger partial charge in [-0.2, -0.15) is 0 Å². The predicted octanol–water partition coefficient (Wildman–Crippen LogP) is 5.70. The Morgan fingerprint density at radius 2 is 1.68 bits per heavy atom. The summed E-state index contributed by atoms with van der Waals surface area (Å²) in [4.78, 5) is 5.26. The molecule has 0 spiro atoms. The molecule has 0 N–H and O–H groups in total. The second kappa shape index (κ2) is 11.3. The number of rotatable bonds is 7. The lowest BCUT2D eigenvalue weighted by molar-refractivity contribution is 0.205. The second-order valence-corrected chi connectivity index (χ2v) is 8.95. The van der Waals surface area contributed by atoms with Crippen LogP contribution in [0.3, 0.4) is 0 Å². The molecule has 2 aliphatic heterocycles. The van der Waals surface area contributed by atoms with E-state index in [1.165, 1.54) is 108 Å². The van der Waals surface area contributed by atoms with Crippen LogP contribution in [0.25, 0.3) is 0 Å². The Balaban J connectivity index is 0.00000225. The number of hydrogen-bond acceptors (Lipinski definition) is 3. The summed E-state index contributed by atoms with van der Waals surface area (Å²) in [5.41, 5.74) is 2.98. The maximum Gasteiger partial charge on any atom is 0.119 e. The molecule has 1 saturated carbocycles. The minimum absolute atomic E-state index is 0. The van der Waals surface area contributed by atoms with Crippen LogP contribution in [0.2, 0.25) is 0 Å². The molecule has 0 bridgehead atoms. The minimum atomic E-state index is 0. The van der Waals surface area contributed by atoms with E-state index in [0.717, 1.165) is 24.7 Å². The standard InChI is InChI=1S/C24H38N2O.ClH/c1-3-9-21(10-4-1)20-26-17-7-11-22-19-23(12-13-24(22)26)27-18-8-16-25-14-5-2-6-15-25;/h12-13,19,21H,1-11,14-18,20H2;1H. The fourth-order valence-electron chi connectivity index (χ4n) is 5.27. The average Bonchev–Trinajstić information content (AvgIpc) is 2.73. The van der Waals surface area contributed by atoms with Crippen LogP contribution >= 0.6 is 12.4 Å². The van der Waals surface area contributed by atoms with Crippen LogP contribution in [0.5, 0.6) is 5.75 Å². The SMILES string of the molecule is Cl.c1cc2c(cc1OCCCN1CCCCC1)CCCN2CC1CCCCC1. The van der Waals surface area contributed by atoms with Crippen LogP contribution in [0.15, 0.2) is 18.2 Å². The highest BCUT2D eigenvalue weighted by Crippen LogP contribution is 2.33. The summed E-state index contributed by atoms with van der Waals surface area (Å²) in [6, 6.07) is 6.86. The third-order valence-corrected chi connectivity index (χ3v) is 6.81. The molecule has 0 atom stereocenters. The topological polar surface area (TPSA) is 15.7 Å². The maximum atomic E-state index is 6.10. The molecule has 28 heavy (non-hydrogen) atoms. The molecule has 0 aromatic heterocycles. The fourth-order valence-corrected chi connectivity index (χ4v) is 5.27.